The van der Waals surface area contributed by atoms with E-state index in [0.29, 0.717) is 21.5 Å². The fourth-order valence-electron chi connectivity index (χ4n) is 2.33. The molecule has 122 valence electrons. The third-order valence-corrected chi connectivity index (χ3v) is 4.43. The van der Waals surface area contributed by atoms with Gasteiger partial charge in [0.05, 0.1) is 15.7 Å². The molecule has 0 bridgehead atoms. The Morgan fingerprint density at radius 1 is 1.00 bits per heavy atom. The Balaban J connectivity index is 1.72. The smallest absolute Gasteiger partial charge is 0.265 e. The van der Waals surface area contributed by atoms with Gasteiger partial charge in [-0.15, -0.1) is 0 Å². The number of nitrogens with one attached hydrogen (secondary N) is 1. The minimum atomic E-state index is -0.679. The van der Waals surface area contributed by atoms with E-state index < -0.39 is 6.10 Å². The van der Waals surface area contributed by atoms with Gasteiger partial charge in [0.25, 0.3) is 5.91 Å². The van der Waals surface area contributed by atoms with E-state index >= 15 is 0 Å². The van der Waals surface area contributed by atoms with Gasteiger partial charge in [-0.1, -0.05) is 59.6 Å². The van der Waals surface area contributed by atoms with Crippen molar-refractivity contribution in [1.29, 1.82) is 0 Å². The second-order valence-corrected chi connectivity index (χ2v) is 6.14. The van der Waals surface area contributed by atoms with Crippen LogP contribution in [0.5, 0.6) is 5.75 Å². The summed E-state index contributed by atoms with van der Waals surface area (Å²) in [5, 5.41) is 5.60. The third kappa shape index (κ3) is 3.64. The second-order valence-electron chi connectivity index (χ2n) is 5.36. The largest absolute Gasteiger partial charge is 0.481 e. The van der Waals surface area contributed by atoms with E-state index in [9.17, 15) is 4.79 Å². The monoisotopic (exact) mass is 359 g/mol. The van der Waals surface area contributed by atoms with Crippen molar-refractivity contribution in [2.24, 2.45) is 0 Å². The fraction of sp³-hybridized carbons (Fsp3) is 0.105. The van der Waals surface area contributed by atoms with Crippen LogP contribution >= 0.6 is 23.2 Å². The molecular weight excluding hydrogens is 345 g/mol. The van der Waals surface area contributed by atoms with E-state index in [1.165, 1.54) is 0 Å². The molecule has 1 N–H and O–H groups in total. The Bertz CT molecular complexity index is 895. The topological polar surface area (TPSA) is 38.3 Å². The molecule has 0 saturated carbocycles. The first-order valence-electron chi connectivity index (χ1n) is 7.45. The highest BCUT2D eigenvalue weighted by molar-refractivity contribution is 6.44. The van der Waals surface area contributed by atoms with Gasteiger partial charge in [0.2, 0.25) is 0 Å². The van der Waals surface area contributed by atoms with Gasteiger partial charge < -0.3 is 10.1 Å². The summed E-state index contributed by atoms with van der Waals surface area (Å²) in [5.74, 6) is 0.334. The van der Waals surface area contributed by atoms with E-state index in [-0.39, 0.29) is 5.91 Å². The van der Waals surface area contributed by atoms with E-state index in [2.05, 4.69) is 5.32 Å². The zero-order valence-electron chi connectivity index (χ0n) is 12.9. The number of hydrogen-bond donors (Lipinski definition) is 1. The molecule has 0 aliphatic carbocycles. The Hall–Kier alpha value is -2.23. The van der Waals surface area contributed by atoms with Crippen molar-refractivity contribution < 1.29 is 9.53 Å². The van der Waals surface area contributed by atoms with Crippen molar-refractivity contribution in [3.8, 4) is 5.75 Å². The summed E-state index contributed by atoms with van der Waals surface area (Å²) >= 11 is 12.0. The summed E-state index contributed by atoms with van der Waals surface area (Å²) in [6, 6.07) is 18.8. The predicted molar refractivity (Wildman–Crippen MR) is 99.1 cm³/mol. The van der Waals surface area contributed by atoms with Gasteiger partial charge in [-0.25, -0.2) is 0 Å². The molecule has 3 aromatic rings. The maximum atomic E-state index is 12.3. The lowest BCUT2D eigenvalue weighted by Crippen LogP contribution is -2.30. The van der Waals surface area contributed by atoms with Gasteiger partial charge in [0.15, 0.2) is 6.10 Å². The molecule has 3 aromatic carbocycles. The highest BCUT2D eigenvalue weighted by Gasteiger charge is 2.17. The lowest BCUT2D eigenvalue weighted by molar-refractivity contribution is -0.122. The van der Waals surface area contributed by atoms with Crippen LogP contribution in [0.3, 0.4) is 0 Å². The summed E-state index contributed by atoms with van der Waals surface area (Å²) < 4.78 is 5.74. The zero-order valence-corrected chi connectivity index (χ0v) is 14.4. The molecule has 0 heterocycles. The number of fused-ring (bicyclic) bond motifs is 1. The molecule has 3 rings (SSSR count). The average Bonchev–Trinajstić information content (AvgIpc) is 2.58. The number of benzene rings is 3. The third-order valence-electron chi connectivity index (χ3n) is 3.61. The van der Waals surface area contributed by atoms with Crippen molar-refractivity contribution in [2.45, 2.75) is 13.0 Å². The molecule has 0 unspecified atom stereocenters. The number of carbonyl (C=O) groups is 1. The molecule has 0 aromatic heterocycles. The molecule has 0 spiro atoms. The van der Waals surface area contributed by atoms with E-state index in [1.54, 1.807) is 25.1 Å². The van der Waals surface area contributed by atoms with Crippen molar-refractivity contribution in [3.05, 3.63) is 70.7 Å². The molecule has 0 fully saturated rings. The molecule has 0 aliphatic heterocycles. The van der Waals surface area contributed by atoms with Crippen LogP contribution in [-0.2, 0) is 4.79 Å². The minimum Gasteiger partial charge on any atom is -0.481 e. The SMILES string of the molecule is C[C@H](Oc1ccc2ccccc2c1)C(=O)Nc1cccc(Cl)c1Cl. The first-order valence-corrected chi connectivity index (χ1v) is 8.20. The maximum absolute atomic E-state index is 12.3. The van der Waals surface area contributed by atoms with Gasteiger partial charge in [0, 0.05) is 0 Å². The average molecular weight is 360 g/mol. The van der Waals surface area contributed by atoms with Crippen molar-refractivity contribution in [1.82, 2.24) is 0 Å². The number of ether oxygens (including phenoxy) is 1. The van der Waals surface area contributed by atoms with Crippen LogP contribution in [0, 0.1) is 0 Å². The van der Waals surface area contributed by atoms with Crippen LogP contribution in [0.1, 0.15) is 6.92 Å². The standard InChI is InChI=1S/C19H15Cl2NO2/c1-12(19(23)22-17-8-4-7-16(20)18(17)21)24-15-10-9-13-5-2-3-6-14(13)11-15/h2-12H,1H3,(H,22,23)/t12-/m0/s1. The molecule has 0 aliphatic rings. The van der Waals surface area contributed by atoms with Crippen LogP contribution in [0.4, 0.5) is 5.69 Å². The van der Waals surface area contributed by atoms with E-state index in [4.69, 9.17) is 27.9 Å². The van der Waals surface area contributed by atoms with Gasteiger partial charge in [0.1, 0.15) is 5.75 Å². The molecule has 0 radical (unpaired) electrons. The lowest BCUT2D eigenvalue weighted by Gasteiger charge is -2.16. The Kier molecular flexibility index (Phi) is 4.93. The number of hydrogen-bond acceptors (Lipinski definition) is 2. The van der Waals surface area contributed by atoms with Gasteiger partial charge in [-0.05, 0) is 42.0 Å². The number of amides is 1. The first-order chi connectivity index (χ1) is 11.5. The van der Waals surface area contributed by atoms with Crippen LogP contribution in [0.2, 0.25) is 10.0 Å². The van der Waals surface area contributed by atoms with Crippen molar-refractivity contribution in [2.75, 3.05) is 5.32 Å². The van der Waals surface area contributed by atoms with Crippen molar-refractivity contribution >= 4 is 45.6 Å². The zero-order chi connectivity index (χ0) is 17.1. The number of carbonyl (C=O) groups excluding carboxylic acids is 1. The van der Waals surface area contributed by atoms with Gasteiger partial charge in [-0.3, -0.25) is 4.79 Å². The summed E-state index contributed by atoms with van der Waals surface area (Å²) in [5.41, 5.74) is 0.461. The van der Waals surface area contributed by atoms with Crippen LogP contribution in [-0.4, -0.2) is 12.0 Å². The Labute approximate surface area is 150 Å². The summed E-state index contributed by atoms with van der Waals surface area (Å²) in [7, 11) is 0. The van der Waals surface area contributed by atoms with Gasteiger partial charge in [-0.2, -0.15) is 0 Å². The molecule has 1 atom stereocenters. The van der Waals surface area contributed by atoms with Crippen LogP contribution in [0.25, 0.3) is 10.8 Å². The van der Waals surface area contributed by atoms with Crippen LogP contribution < -0.4 is 10.1 Å². The number of anilines is 1. The Morgan fingerprint density at radius 2 is 1.75 bits per heavy atom. The second kappa shape index (κ2) is 7.12. The molecule has 24 heavy (non-hydrogen) atoms. The first kappa shape index (κ1) is 16.6. The molecular formula is C19H15Cl2NO2. The molecule has 0 saturated heterocycles. The maximum Gasteiger partial charge on any atom is 0.265 e. The number of halogens is 2. The summed E-state index contributed by atoms with van der Waals surface area (Å²) in [4.78, 5) is 12.3. The quantitative estimate of drug-likeness (QED) is 0.662. The van der Waals surface area contributed by atoms with E-state index in [1.807, 2.05) is 42.5 Å². The molecule has 1 amide bonds. The highest BCUT2D eigenvalue weighted by Crippen LogP contribution is 2.29. The minimum absolute atomic E-state index is 0.299. The normalized spacial score (nSPS) is 12.0. The van der Waals surface area contributed by atoms with Crippen LogP contribution in [0.15, 0.2) is 60.7 Å². The van der Waals surface area contributed by atoms with Crippen molar-refractivity contribution in [3.63, 3.8) is 0 Å². The lowest BCUT2D eigenvalue weighted by atomic mass is 10.1. The summed E-state index contributed by atoms with van der Waals surface area (Å²) in [6.45, 7) is 1.68. The highest BCUT2D eigenvalue weighted by atomic mass is 35.5. The van der Waals surface area contributed by atoms with E-state index in [0.717, 1.165) is 10.8 Å². The summed E-state index contributed by atoms with van der Waals surface area (Å²) in [6.07, 6.45) is -0.679. The fourth-order valence-corrected chi connectivity index (χ4v) is 2.68. The molecule has 5 heteroatoms. The Morgan fingerprint density at radius 3 is 2.54 bits per heavy atom. The molecule has 3 nitrogen and oxygen atoms in total. The predicted octanol–water partition coefficient (Wildman–Crippen LogP) is 5.55. The van der Waals surface area contributed by atoms with Gasteiger partial charge >= 0.3 is 0 Å². The number of rotatable bonds is 4.